The Morgan fingerprint density at radius 3 is 2.25 bits per heavy atom. The fraction of sp³-hybridized carbons (Fsp3) is 0.692. The maximum atomic E-state index is 13.0. The first-order chi connectivity index (χ1) is 14.6. The Hall–Kier alpha value is -1.44. The minimum absolute atomic E-state index is 0.327. The van der Waals surface area contributed by atoms with Crippen LogP contribution in [0.4, 0.5) is 0 Å². The molecule has 2 N–H and O–H groups in total. The van der Waals surface area contributed by atoms with E-state index in [-0.39, 0.29) is 6.10 Å². The summed E-state index contributed by atoms with van der Waals surface area (Å²) in [5.74, 6) is 0.786. The number of aliphatic hydroxyl groups is 1. The number of hydrogen-bond acceptors (Lipinski definition) is 4. The van der Waals surface area contributed by atoms with Crippen LogP contribution in [0.5, 0.6) is 5.75 Å². The van der Waals surface area contributed by atoms with E-state index in [1.807, 2.05) is 67.5 Å². The first kappa shape index (κ1) is 23.7. The number of ether oxygens (including phenoxy) is 1. The maximum absolute atomic E-state index is 13.0. The first-order valence-electron chi connectivity index (χ1n) is 11.7. The van der Waals surface area contributed by atoms with Crippen molar-refractivity contribution < 1.29 is 20.2 Å². The molecule has 0 amide bonds. The number of hydrogen-bond donors (Lipinski definition) is 2. The fourth-order valence-electron chi connectivity index (χ4n) is 6.05. The van der Waals surface area contributed by atoms with Crippen molar-refractivity contribution in [2.75, 3.05) is 13.1 Å². The molecule has 4 rings (SSSR count). The van der Waals surface area contributed by atoms with Crippen molar-refractivity contribution >= 4 is 0 Å². The van der Waals surface area contributed by atoms with E-state index >= 15 is 0 Å². The van der Waals surface area contributed by atoms with Crippen molar-refractivity contribution in [3.63, 3.8) is 0 Å². The molecule has 0 saturated heterocycles. The van der Waals surface area contributed by atoms with E-state index in [0.717, 1.165) is 33.1 Å². The van der Waals surface area contributed by atoms with Crippen LogP contribution in [0.25, 0.3) is 0 Å². The second kappa shape index (κ2) is 7.28. The van der Waals surface area contributed by atoms with E-state index in [2.05, 4.69) is 11.4 Å². The topological polar surface area (TPSA) is 84.5 Å². The Labute approximate surface area is 192 Å². The van der Waals surface area contributed by atoms with Gasteiger partial charge in [0.1, 0.15) is 24.1 Å². The molecule has 6 nitrogen and oxygen atoms in total. The van der Waals surface area contributed by atoms with Gasteiger partial charge in [-0.25, -0.2) is 5.11 Å². The molecule has 3 unspecified atom stereocenters. The number of rotatable bonds is 5. The van der Waals surface area contributed by atoms with Gasteiger partial charge in [-0.2, -0.15) is 0 Å². The summed E-state index contributed by atoms with van der Waals surface area (Å²) in [7, 11) is 0. The molecule has 3 atom stereocenters. The van der Waals surface area contributed by atoms with Crippen molar-refractivity contribution in [3.8, 4) is 5.75 Å². The average Bonchev–Trinajstić information content (AvgIpc) is 3.23. The summed E-state index contributed by atoms with van der Waals surface area (Å²) < 4.78 is 6.14. The second-order valence-electron chi connectivity index (χ2n) is 12.1. The van der Waals surface area contributed by atoms with Gasteiger partial charge in [0, 0.05) is 30.3 Å². The monoisotopic (exact) mass is 442 g/mol. The predicted molar refractivity (Wildman–Crippen MR) is 123 cm³/mol. The van der Waals surface area contributed by atoms with Crippen LogP contribution in [-0.2, 0) is 27.6 Å². The average molecular weight is 443 g/mol. The van der Waals surface area contributed by atoms with Crippen molar-refractivity contribution in [2.45, 2.75) is 102 Å². The quantitative estimate of drug-likeness (QED) is 0.684. The zero-order valence-electron chi connectivity index (χ0n) is 20.7. The molecule has 0 bridgehead atoms. The van der Waals surface area contributed by atoms with Crippen molar-refractivity contribution in [1.82, 2.24) is 10.4 Å². The van der Waals surface area contributed by atoms with Crippen molar-refractivity contribution in [3.05, 3.63) is 40.5 Å². The van der Waals surface area contributed by atoms with Crippen LogP contribution in [0.1, 0.15) is 72.1 Å². The lowest BCUT2D eigenvalue weighted by Gasteiger charge is -2.34. The van der Waals surface area contributed by atoms with E-state index in [1.165, 1.54) is 0 Å². The molecule has 0 saturated carbocycles. The summed E-state index contributed by atoms with van der Waals surface area (Å²) in [6, 6.07) is 4.16. The van der Waals surface area contributed by atoms with E-state index in [0.29, 0.717) is 19.5 Å². The summed E-state index contributed by atoms with van der Waals surface area (Å²) in [4.78, 5) is 0. The van der Waals surface area contributed by atoms with Crippen LogP contribution >= 0.6 is 0 Å². The van der Waals surface area contributed by atoms with E-state index < -0.39 is 34.1 Å². The zero-order valence-corrected chi connectivity index (χ0v) is 20.7. The Bertz CT molecular complexity index is 902. The minimum Gasteiger partial charge on any atom is -0.487 e. The van der Waals surface area contributed by atoms with Crippen molar-refractivity contribution in [2.24, 2.45) is 0 Å². The van der Waals surface area contributed by atoms with Crippen LogP contribution in [0.2, 0.25) is 0 Å². The highest BCUT2D eigenvalue weighted by Gasteiger charge is 2.52. The smallest absolute Gasteiger partial charge is 0.130 e. The summed E-state index contributed by atoms with van der Waals surface area (Å²) in [6.07, 6.45) is 0.943. The number of aliphatic hydroxyl groups excluding tert-OH is 1. The SMILES string of the molecule is CC1(C)c2cc3c(cc2C(C)(C)C1[O])OC(C(O)CNCC1=CC(C)(C)N([O])C1(C)C)C3. The Balaban J connectivity index is 1.41. The Morgan fingerprint density at radius 1 is 1.09 bits per heavy atom. The summed E-state index contributed by atoms with van der Waals surface area (Å²) >= 11 is 0. The van der Waals surface area contributed by atoms with Gasteiger partial charge in [-0.15, -0.1) is 10.3 Å². The molecule has 1 aromatic carbocycles. The minimum atomic E-state index is -0.706. The summed E-state index contributed by atoms with van der Waals surface area (Å²) in [5.41, 5.74) is 2.29. The molecule has 176 valence electrons. The van der Waals surface area contributed by atoms with Crippen LogP contribution in [-0.4, -0.2) is 52.6 Å². The van der Waals surface area contributed by atoms with Gasteiger partial charge in [-0.1, -0.05) is 39.8 Å². The number of hydroxylamine groups is 2. The molecule has 0 aromatic heterocycles. The zero-order chi connectivity index (χ0) is 23.9. The number of benzene rings is 1. The first-order valence-corrected chi connectivity index (χ1v) is 11.7. The van der Waals surface area contributed by atoms with Gasteiger partial charge in [0.2, 0.25) is 0 Å². The summed E-state index contributed by atoms with van der Waals surface area (Å²) in [6.45, 7) is 16.7. The van der Waals surface area contributed by atoms with Gasteiger partial charge in [0.05, 0.1) is 11.1 Å². The molecule has 0 fully saturated rings. The third kappa shape index (κ3) is 3.43. The van der Waals surface area contributed by atoms with Crippen LogP contribution in [0.15, 0.2) is 23.8 Å². The molecule has 6 heteroatoms. The van der Waals surface area contributed by atoms with E-state index in [4.69, 9.17) is 4.74 Å². The van der Waals surface area contributed by atoms with Crippen LogP contribution in [0.3, 0.4) is 0 Å². The predicted octanol–water partition coefficient (Wildman–Crippen LogP) is 3.45. The van der Waals surface area contributed by atoms with Crippen LogP contribution in [0, 0.1) is 0 Å². The van der Waals surface area contributed by atoms with E-state index in [9.17, 15) is 15.4 Å². The Morgan fingerprint density at radius 2 is 1.69 bits per heavy atom. The molecule has 32 heavy (non-hydrogen) atoms. The molecule has 1 aliphatic carbocycles. The van der Waals surface area contributed by atoms with Gasteiger partial charge >= 0.3 is 0 Å². The number of nitrogens with one attached hydrogen (secondary N) is 1. The maximum Gasteiger partial charge on any atom is 0.130 e. The third-order valence-electron chi connectivity index (χ3n) is 8.04. The molecular weight excluding hydrogens is 404 g/mol. The molecule has 2 radical (unpaired) electrons. The van der Waals surface area contributed by atoms with Gasteiger partial charge in [0.15, 0.2) is 0 Å². The van der Waals surface area contributed by atoms with Gasteiger partial charge < -0.3 is 15.2 Å². The van der Waals surface area contributed by atoms with E-state index in [1.54, 1.807) is 0 Å². The third-order valence-corrected chi connectivity index (χ3v) is 8.04. The van der Waals surface area contributed by atoms with Gasteiger partial charge in [-0.3, -0.25) is 0 Å². The number of nitrogens with zero attached hydrogens (tertiary/aromatic N) is 1. The molecule has 3 aliphatic rings. The van der Waals surface area contributed by atoms with Crippen molar-refractivity contribution in [1.29, 1.82) is 0 Å². The normalized spacial score (nSPS) is 29.9. The molecule has 1 aromatic rings. The second-order valence-corrected chi connectivity index (χ2v) is 12.1. The molecule has 2 heterocycles. The lowest BCUT2D eigenvalue weighted by Crippen LogP contribution is -2.48. The molecule has 0 spiro atoms. The highest BCUT2D eigenvalue weighted by atomic mass is 16.5. The lowest BCUT2D eigenvalue weighted by molar-refractivity contribution is -0.238. The highest BCUT2D eigenvalue weighted by molar-refractivity contribution is 5.55. The standard InChI is InChI=1S/C26H38N2O4/c1-23(2)12-16(26(7,8)28(23)31)13-27-14-19(29)21-10-15-9-17-18(11-20(15)32-21)25(5,6)22(30)24(17,3)4/h9,11-12,19,21-22,27,29H,10,13-14H2,1-8H3. The largest absolute Gasteiger partial charge is 0.487 e. The Kier molecular flexibility index (Phi) is 5.39. The molecule has 2 aliphatic heterocycles. The fourth-order valence-corrected chi connectivity index (χ4v) is 6.05. The number of fused-ring (bicyclic) bond motifs is 2. The van der Waals surface area contributed by atoms with Crippen LogP contribution < -0.4 is 10.1 Å². The highest BCUT2D eigenvalue weighted by Crippen LogP contribution is 2.52. The summed E-state index contributed by atoms with van der Waals surface area (Å²) in [5, 5.41) is 40.8. The molecular formula is C26H38N2O4. The lowest BCUT2D eigenvalue weighted by atomic mass is 9.78. The van der Waals surface area contributed by atoms with Gasteiger partial charge in [-0.05, 0) is 56.0 Å². The van der Waals surface area contributed by atoms with Gasteiger partial charge in [0.25, 0.3) is 0 Å².